The monoisotopic (exact) mass is 222 g/mol. The fourth-order valence-electron chi connectivity index (χ4n) is 1.97. The van der Waals surface area contributed by atoms with Gasteiger partial charge in [0.25, 0.3) is 0 Å². The molecular formula is C14H10N2O. The van der Waals surface area contributed by atoms with E-state index in [0.717, 1.165) is 28.4 Å². The molecule has 0 aliphatic rings. The molecule has 3 rings (SSSR count). The number of aromatic nitrogens is 2. The number of aromatic amines is 1. The number of hydrogen-bond donors (Lipinski definition) is 1. The van der Waals surface area contributed by atoms with E-state index in [-0.39, 0.29) is 0 Å². The van der Waals surface area contributed by atoms with Crippen LogP contribution in [0.3, 0.4) is 0 Å². The zero-order valence-corrected chi connectivity index (χ0v) is 9.05. The van der Waals surface area contributed by atoms with Crippen molar-refractivity contribution in [2.24, 2.45) is 0 Å². The topological polar surface area (TPSA) is 45.8 Å². The Morgan fingerprint density at radius 3 is 2.88 bits per heavy atom. The highest BCUT2D eigenvalue weighted by molar-refractivity contribution is 5.90. The first-order valence-electron chi connectivity index (χ1n) is 5.36. The number of rotatable bonds is 2. The standard InChI is InChI=1S/C14H10N2O/c17-8-11-3-1-2-4-12(11)10-5-6-13-14(7-10)16-9-15-13/h1-9H,(H,15,16). The highest BCUT2D eigenvalue weighted by atomic mass is 16.1. The summed E-state index contributed by atoms with van der Waals surface area (Å²) in [6.07, 6.45) is 2.55. The van der Waals surface area contributed by atoms with E-state index < -0.39 is 0 Å². The SMILES string of the molecule is O=Cc1ccccc1-c1ccc2nc[nH]c2c1. The lowest BCUT2D eigenvalue weighted by Crippen LogP contribution is -1.86. The van der Waals surface area contributed by atoms with Crippen molar-refractivity contribution in [2.45, 2.75) is 0 Å². The van der Waals surface area contributed by atoms with Gasteiger partial charge in [-0.25, -0.2) is 4.98 Å². The fraction of sp³-hybridized carbons (Fsp3) is 0. The molecule has 2 aromatic carbocycles. The quantitative estimate of drug-likeness (QED) is 0.677. The Morgan fingerprint density at radius 2 is 2.00 bits per heavy atom. The first-order valence-corrected chi connectivity index (χ1v) is 5.36. The second kappa shape index (κ2) is 3.87. The van der Waals surface area contributed by atoms with Crippen molar-refractivity contribution in [3.8, 4) is 11.1 Å². The van der Waals surface area contributed by atoms with E-state index in [4.69, 9.17) is 0 Å². The number of H-pyrrole nitrogens is 1. The predicted molar refractivity (Wildman–Crippen MR) is 66.9 cm³/mol. The summed E-state index contributed by atoms with van der Waals surface area (Å²) < 4.78 is 0. The smallest absolute Gasteiger partial charge is 0.150 e. The van der Waals surface area contributed by atoms with Crippen LogP contribution in [-0.4, -0.2) is 16.3 Å². The second-order valence-electron chi connectivity index (χ2n) is 3.84. The first-order chi connectivity index (χ1) is 8.38. The minimum absolute atomic E-state index is 0.700. The molecule has 82 valence electrons. The van der Waals surface area contributed by atoms with Gasteiger partial charge in [0, 0.05) is 5.56 Å². The maximum absolute atomic E-state index is 11.0. The number of benzene rings is 2. The van der Waals surface area contributed by atoms with Crippen molar-refractivity contribution in [3.63, 3.8) is 0 Å². The molecule has 1 heterocycles. The summed E-state index contributed by atoms with van der Waals surface area (Å²) in [6, 6.07) is 13.5. The first kappa shape index (κ1) is 9.78. The van der Waals surface area contributed by atoms with Gasteiger partial charge in [0.15, 0.2) is 6.29 Å². The number of hydrogen-bond acceptors (Lipinski definition) is 2. The van der Waals surface area contributed by atoms with E-state index in [1.54, 1.807) is 6.33 Å². The maximum atomic E-state index is 11.0. The summed E-state index contributed by atoms with van der Waals surface area (Å²) in [6.45, 7) is 0. The average molecular weight is 222 g/mol. The van der Waals surface area contributed by atoms with Gasteiger partial charge in [-0.2, -0.15) is 0 Å². The van der Waals surface area contributed by atoms with Gasteiger partial charge in [0.1, 0.15) is 0 Å². The molecule has 3 aromatic rings. The lowest BCUT2D eigenvalue weighted by Gasteiger charge is -2.04. The predicted octanol–water partition coefficient (Wildman–Crippen LogP) is 3.04. The molecule has 0 unspecified atom stereocenters. The average Bonchev–Trinajstić information content (AvgIpc) is 2.85. The van der Waals surface area contributed by atoms with Crippen LogP contribution < -0.4 is 0 Å². The van der Waals surface area contributed by atoms with Crippen LogP contribution in [0.25, 0.3) is 22.2 Å². The van der Waals surface area contributed by atoms with Crippen molar-refractivity contribution in [1.29, 1.82) is 0 Å². The fourth-order valence-corrected chi connectivity index (χ4v) is 1.97. The third-order valence-corrected chi connectivity index (χ3v) is 2.82. The van der Waals surface area contributed by atoms with E-state index >= 15 is 0 Å². The van der Waals surface area contributed by atoms with Gasteiger partial charge in [-0.3, -0.25) is 4.79 Å². The maximum Gasteiger partial charge on any atom is 0.150 e. The van der Waals surface area contributed by atoms with Crippen LogP contribution in [0.15, 0.2) is 48.8 Å². The Bertz CT molecular complexity index is 685. The molecule has 0 radical (unpaired) electrons. The van der Waals surface area contributed by atoms with Gasteiger partial charge >= 0.3 is 0 Å². The lowest BCUT2D eigenvalue weighted by atomic mass is 10.0. The van der Waals surface area contributed by atoms with E-state index in [9.17, 15) is 4.79 Å². The molecule has 0 bridgehead atoms. The molecule has 0 atom stereocenters. The van der Waals surface area contributed by atoms with E-state index in [0.29, 0.717) is 5.56 Å². The van der Waals surface area contributed by atoms with Crippen LogP contribution in [0.5, 0.6) is 0 Å². The van der Waals surface area contributed by atoms with Crippen molar-refractivity contribution in [1.82, 2.24) is 9.97 Å². The minimum Gasteiger partial charge on any atom is -0.345 e. The molecule has 0 spiro atoms. The van der Waals surface area contributed by atoms with E-state index in [1.165, 1.54) is 0 Å². The third-order valence-electron chi connectivity index (χ3n) is 2.82. The summed E-state index contributed by atoms with van der Waals surface area (Å²) in [7, 11) is 0. The Morgan fingerprint density at radius 1 is 1.12 bits per heavy atom. The Balaban J connectivity index is 2.22. The molecular weight excluding hydrogens is 212 g/mol. The normalized spacial score (nSPS) is 10.6. The number of imidazole rings is 1. The van der Waals surface area contributed by atoms with E-state index in [2.05, 4.69) is 9.97 Å². The van der Waals surface area contributed by atoms with Gasteiger partial charge in [-0.1, -0.05) is 30.3 Å². The number of carbonyl (C=O) groups excluding carboxylic acids is 1. The molecule has 17 heavy (non-hydrogen) atoms. The molecule has 0 amide bonds. The highest BCUT2D eigenvalue weighted by Gasteiger charge is 2.05. The summed E-state index contributed by atoms with van der Waals surface area (Å²) >= 11 is 0. The van der Waals surface area contributed by atoms with Crippen LogP contribution in [0.2, 0.25) is 0 Å². The van der Waals surface area contributed by atoms with Gasteiger partial charge in [-0.15, -0.1) is 0 Å². The molecule has 3 nitrogen and oxygen atoms in total. The van der Waals surface area contributed by atoms with Crippen molar-refractivity contribution >= 4 is 17.3 Å². The molecule has 1 aromatic heterocycles. The van der Waals surface area contributed by atoms with Crippen LogP contribution in [-0.2, 0) is 0 Å². The summed E-state index contributed by atoms with van der Waals surface area (Å²) in [5.41, 5.74) is 4.57. The zero-order chi connectivity index (χ0) is 11.7. The molecule has 1 N–H and O–H groups in total. The number of aldehydes is 1. The van der Waals surface area contributed by atoms with Crippen LogP contribution in [0.1, 0.15) is 10.4 Å². The van der Waals surface area contributed by atoms with Crippen LogP contribution >= 0.6 is 0 Å². The number of nitrogens with zero attached hydrogens (tertiary/aromatic N) is 1. The number of nitrogens with one attached hydrogen (secondary N) is 1. The van der Waals surface area contributed by atoms with Crippen molar-refractivity contribution < 1.29 is 4.79 Å². The number of fused-ring (bicyclic) bond motifs is 1. The zero-order valence-electron chi connectivity index (χ0n) is 9.05. The Hall–Kier alpha value is -2.42. The highest BCUT2D eigenvalue weighted by Crippen LogP contribution is 2.25. The molecule has 3 heteroatoms. The summed E-state index contributed by atoms with van der Waals surface area (Å²) in [5.74, 6) is 0. The second-order valence-corrected chi connectivity index (χ2v) is 3.84. The molecule has 0 saturated heterocycles. The Kier molecular flexibility index (Phi) is 2.22. The number of carbonyl (C=O) groups is 1. The minimum atomic E-state index is 0.700. The van der Waals surface area contributed by atoms with Gasteiger partial charge in [-0.05, 0) is 23.3 Å². The van der Waals surface area contributed by atoms with Crippen molar-refractivity contribution in [2.75, 3.05) is 0 Å². The Labute approximate surface area is 98.1 Å². The third kappa shape index (κ3) is 1.61. The van der Waals surface area contributed by atoms with Crippen molar-refractivity contribution in [3.05, 3.63) is 54.4 Å². The molecule has 0 aliphatic heterocycles. The van der Waals surface area contributed by atoms with Gasteiger partial charge < -0.3 is 4.98 Å². The van der Waals surface area contributed by atoms with Gasteiger partial charge in [0.2, 0.25) is 0 Å². The largest absolute Gasteiger partial charge is 0.345 e. The lowest BCUT2D eigenvalue weighted by molar-refractivity contribution is 0.112. The van der Waals surface area contributed by atoms with Crippen LogP contribution in [0.4, 0.5) is 0 Å². The molecule has 0 fully saturated rings. The summed E-state index contributed by atoms with van der Waals surface area (Å²) in [5, 5.41) is 0. The molecule has 0 saturated carbocycles. The van der Waals surface area contributed by atoms with E-state index in [1.807, 2.05) is 42.5 Å². The van der Waals surface area contributed by atoms with Gasteiger partial charge in [0.05, 0.1) is 17.4 Å². The summed E-state index contributed by atoms with van der Waals surface area (Å²) in [4.78, 5) is 18.2. The van der Waals surface area contributed by atoms with Crippen LogP contribution in [0, 0.1) is 0 Å². The molecule has 0 aliphatic carbocycles.